The van der Waals surface area contributed by atoms with Gasteiger partial charge in [0.2, 0.25) is 0 Å². The molecule has 0 saturated carbocycles. The Bertz CT molecular complexity index is 559. The molecular weight excluding hydrogens is 414 g/mol. The maximum Gasteiger partial charge on any atom is 0.193 e. The van der Waals surface area contributed by atoms with Gasteiger partial charge in [-0.1, -0.05) is 22.0 Å². The fourth-order valence-electron chi connectivity index (χ4n) is 2.89. The maximum atomic E-state index is 5.75. The Labute approximate surface area is 170 Å². The summed E-state index contributed by atoms with van der Waals surface area (Å²) in [6, 6.07) is 7.96. The Morgan fingerprint density at radius 3 is 3.08 bits per heavy atom. The van der Waals surface area contributed by atoms with Crippen molar-refractivity contribution in [3.8, 4) is 5.75 Å². The largest absolute Gasteiger partial charge is 0.493 e. The Hall–Kier alpha value is -0.920. The van der Waals surface area contributed by atoms with Gasteiger partial charge in [-0.25, -0.2) is 0 Å². The molecule has 5 nitrogen and oxygen atoms in total. The van der Waals surface area contributed by atoms with Crippen molar-refractivity contribution in [3.05, 3.63) is 28.7 Å². The van der Waals surface area contributed by atoms with Crippen LogP contribution >= 0.6 is 27.7 Å². The molecule has 1 N–H and O–H groups in total. The van der Waals surface area contributed by atoms with Gasteiger partial charge in [0, 0.05) is 55.2 Å². The molecule has 1 aromatic carbocycles. The van der Waals surface area contributed by atoms with Gasteiger partial charge in [-0.2, -0.15) is 11.8 Å². The Morgan fingerprint density at radius 2 is 2.31 bits per heavy atom. The molecule has 26 heavy (non-hydrogen) atoms. The molecule has 0 aromatic heterocycles. The fraction of sp³-hybridized carbons (Fsp3) is 0.632. The lowest BCUT2D eigenvalue weighted by molar-refractivity contribution is 0.114. The van der Waals surface area contributed by atoms with E-state index >= 15 is 0 Å². The van der Waals surface area contributed by atoms with Crippen molar-refractivity contribution in [1.29, 1.82) is 0 Å². The summed E-state index contributed by atoms with van der Waals surface area (Å²) in [5.41, 5.74) is 0. The second-order valence-corrected chi connectivity index (χ2v) is 8.29. The van der Waals surface area contributed by atoms with Crippen molar-refractivity contribution in [2.45, 2.75) is 13.3 Å². The number of nitrogens with zero attached hydrogens (tertiary/aromatic N) is 2. The normalized spacial score (nSPS) is 17.6. The zero-order valence-corrected chi connectivity index (χ0v) is 18.2. The SMILES string of the molecule is CCOCC1CCN(C(=NC)NCCSCCOc2cccc(Br)c2)C1. The zero-order valence-electron chi connectivity index (χ0n) is 15.7. The number of aliphatic imine (C=N–C) groups is 1. The summed E-state index contributed by atoms with van der Waals surface area (Å²) >= 11 is 5.34. The topological polar surface area (TPSA) is 46.1 Å². The van der Waals surface area contributed by atoms with Crippen molar-refractivity contribution < 1.29 is 9.47 Å². The van der Waals surface area contributed by atoms with Crippen LogP contribution < -0.4 is 10.1 Å². The van der Waals surface area contributed by atoms with Gasteiger partial charge in [-0.05, 0) is 31.5 Å². The van der Waals surface area contributed by atoms with E-state index in [0.717, 1.165) is 67.1 Å². The molecule has 1 aliphatic rings. The first-order valence-electron chi connectivity index (χ1n) is 9.22. The Balaban J connectivity index is 1.54. The van der Waals surface area contributed by atoms with Crippen LogP contribution in [0.4, 0.5) is 0 Å². The third-order valence-corrected chi connectivity index (χ3v) is 5.62. The number of rotatable bonds is 10. The van der Waals surface area contributed by atoms with Crippen LogP contribution in [0.2, 0.25) is 0 Å². The molecule has 0 aliphatic carbocycles. The summed E-state index contributed by atoms with van der Waals surface area (Å²) in [5, 5.41) is 3.47. The molecular formula is C19H30BrN3O2S. The summed E-state index contributed by atoms with van der Waals surface area (Å²) in [5.74, 6) is 4.56. The number of benzene rings is 1. The predicted octanol–water partition coefficient (Wildman–Crippen LogP) is 3.49. The number of hydrogen-bond donors (Lipinski definition) is 1. The number of halogens is 1. The molecule has 1 unspecified atom stereocenters. The van der Waals surface area contributed by atoms with Gasteiger partial charge >= 0.3 is 0 Å². The molecule has 7 heteroatoms. The van der Waals surface area contributed by atoms with E-state index in [0.29, 0.717) is 5.92 Å². The van der Waals surface area contributed by atoms with E-state index in [4.69, 9.17) is 9.47 Å². The summed E-state index contributed by atoms with van der Waals surface area (Å²) in [6.07, 6.45) is 1.18. The molecule has 146 valence electrons. The molecule has 1 fully saturated rings. The number of thioether (sulfide) groups is 1. The first-order chi connectivity index (χ1) is 12.7. The van der Waals surface area contributed by atoms with Crippen LogP contribution in [0, 0.1) is 5.92 Å². The highest BCUT2D eigenvalue weighted by Crippen LogP contribution is 2.18. The zero-order chi connectivity index (χ0) is 18.6. The van der Waals surface area contributed by atoms with Crippen LogP contribution in [0.15, 0.2) is 33.7 Å². The highest BCUT2D eigenvalue weighted by Gasteiger charge is 2.24. The first kappa shape index (κ1) is 21.4. The third kappa shape index (κ3) is 7.76. The quantitative estimate of drug-likeness (QED) is 0.340. The number of ether oxygens (including phenoxy) is 2. The molecule has 1 aromatic rings. The fourth-order valence-corrected chi connectivity index (χ4v) is 3.92. The van der Waals surface area contributed by atoms with Crippen LogP contribution in [0.25, 0.3) is 0 Å². The lowest BCUT2D eigenvalue weighted by Crippen LogP contribution is -2.41. The number of nitrogens with one attached hydrogen (secondary N) is 1. The van der Waals surface area contributed by atoms with Gasteiger partial charge in [0.1, 0.15) is 5.75 Å². The molecule has 1 atom stereocenters. The molecule has 1 heterocycles. The molecule has 1 saturated heterocycles. The molecule has 0 bridgehead atoms. The van der Waals surface area contributed by atoms with Crippen molar-refractivity contribution >= 4 is 33.7 Å². The number of likely N-dealkylation sites (tertiary alicyclic amines) is 1. The van der Waals surface area contributed by atoms with Crippen LogP contribution in [0.5, 0.6) is 5.75 Å². The molecule has 0 amide bonds. The average Bonchev–Trinajstić information content (AvgIpc) is 3.11. The van der Waals surface area contributed by atoms with Crippen molar-refractivity contribution in [3.63, 3.8) is 0 Å². The summed E-state index contributed by atoms with van der Waals surface area (Å²) in [6.45, 7) is 7.44. The standard InChI is InChI=1S/C19H30BrN3O2S/c1-3-24-15-16-7-9-23(14-16)19(21-2)22-8-11-26-12-10-25-18-6-4-5-17(20)13-18/h4-6,13,16H,3,7-12,14-15H2,1-2H3,(H,21,22). The smallest absolute Gasteiger partial charge is 0.193 e. The minimum atomic E-state index is 0.623. The van der Waals surface area contributed by atoms with Crippen LogP contribution in [-0.4, -0.2) is 68.9 Å². The van der Waals surface area contributed by atoms with E-state index in [9.17, 15) is 0 Å². The van der Waals surface area contributed by atoms with E-state index in [1.165, 1.54) is 6.42 Å². The molecule has 1 aliphatic heterocycles. The van der Waals surface area contributed by atoms with E-state index in [1.807, 2.05) is 43.1 Å². The summed E-state index contributed by atoms with van der Waals surface area (Å²) in [4.78, 5) is 6.76. The second-order valence-electron chi connectivity index (χ2n) is 6.15. The van der Waals surface area contributed by atoms with Gasteiger partial charge < -0.3 is 19.7 Å². The lowest BCUT2D eigenvalue weighted by Gasteiger charge is -2.21. The van der Waals surface area contributed by atoms with E-state index in [-0.39, 0.29) is 0 Å². The minimum Gasteiger partial charge on any atom is -0.493 e. The maximum absolute atomic E-state index is 5.75. The van der Waals surface area contributed by atoms with Crippen LogP contribution in [0.3, 0.4) is 0 Å². The minimum absolute atomic E-state index is 0.623. The summed E-state index contributed by atoms with van der Waals surface area (Å²) in [7, 11) is 1.86. The van der Waals surface area contributed by atoms with Gasteiger partial charge in [-0.3, -0.25) is 4.99 Å². The monoisotopic (exact) mass is 443 g/mol. The Morgan fingerprint density at radius 1 is 1.42 bits per heavy atom. The highest BCUT2D eigenvalue weighted by atomic mass is 79.9. The lowest BCUT2D eigenvalue weighted by atomic mass is 10.1. The average molecular weight is 444 g/mol. The first-order valence-corrected chi connectivity index (χ1v) is 11.2. The van der Waals surface area contributed by atoms with Crippen LogP contribution in [0.1, 0.15) is 13.3 Å². The third-order valence-electron chi connectivity index (χ3n) is 4.18. The predicted molar refractivity (Wildman–Crippen MR) is 114 cm³/mol. The van der Waals surface area contributed by atoms with E-state index in [1.54, 1.807) is 0 Å². The number of guanidine groups is 1. The summed E-state index contributed by atoms with van der Waals surface area (Å²) < 4.78 is 12.3. The van der Waals surface area contributed by atoms with Gasteiger partial charge in [0.15, 0.2) is 5.96 Å². The van der Waals surface area contributed by atoms with Gasteiger partial charge in [-0.15, -0.1) is 0 Å². The highest BCUT2D eigenvalue weighted by molar-refractivity contribution is 9.10. The number of hydrogen-bond acceptors (Lipinski definition) is 4. The van der Waals surface area contributed by atoms with E-state index in [2.05, 4.69) is 38.1 Å². The van der Waals surface area contributed by atoms with Crippen molar-refractivity contribution in [2.24, 2.45) is 10.9 Å². The van der Waals surface area contributed by atoms with Crippen molar-refractivity contribution in [2.75, 3.05) is 58.0 Å². The van der Waals surface area contributed by atoms with E-state index < -0.39 is 0 Å². The van der Waals surface area contributed by atoms with Crippen molar-refractivity contribution in [1.82, 2.24) is 10.2 Å². The molecule has 0 spiro atoms. The second kappa shape index (κ2) is 12.5. The van der Waals surface area contributed by atoms with Crippen LogP contribution in [-0.2, 0) is 4.74 Å². The van der Waals surface area contributed by atoms with Gasteiger partial charge in [0.25, 0.3) is 0 Å². The van der Waals surface area contributed by atoms with Gasteiger partial charge in [0.05, 0.1) is 13.2 Å². The Kier molecular flexibility index (Phi) is 10.2. The molecule has 0 radical (unpaired) electrons. The molecule has 2 rings (SSSR count).